The maximum atomic E-state index is 13.6. The third-order valence-electron chi connectivity index (χ3n) is 6.02. The Labute approximate surface area is 185 Å². The number of rotatable bonds is 1. The second-order valence-corrected chi connectivity index (χ2v) is 8.95. The molecule has 162 valence electrons. The van der Waals surface area contributed by atoms with Gasteiger partial charge in [-0.25, -0.2) is 9.69 Å². The summed E-state index contributed by atoms with van der Waals surface area (Å²) in [4.78, 5) is 40.8. The van der Waals surface area contributed by atoms with Gasteiger partial charge in [-0.1, -0.05) is 17.8 Å². The number of phenols is 1. The average Bonchev–Trinajstić information content (AvgIpc) is 3.02. The van der Waals surface area contributed by atoms with Gasteiger partial charge < -0.3 is 25.1 Å². The number of fused-ring (bicyclic) bond motifs is 6. The molecule has 4 heterocycles. The Bertz CT molecular complexity index is 1260. The van der Waals surface area contributed by atoms with E-state index >= 15 is 0 Å². The number of hydrogen-bond acceptors (Lipinski definition) is 9. The van der Waals surface area contributed by atoms with Gasteiger partial charge in [0.25, 0.3) is 0 Å². The average molecular weight is 452 g/mol. The molecular weight excluding hydrogens is 436 g/mol. The number of nitrogens with zero attached hydrogens (tertiary/aromatic N) is 1. The molecule has 10 heteroatoms. The zero-order valence-electron chi connectivity index (χ0n) is 16.4. The standard InChI is InChI=1S/C22H16N2O7S/c23-19-17-15(11-3-2-10(25)8-13(11)31-22(17)28)16-18(32-19)21(27)24(20(16)26)9-1-4-12-14(7-9)30-6-5-29-12/h1-4,7-8,15-16,18,25H,5-6,23H2/t15-,16-,18-/m1/s1. The number of amides is 2. The summed E-state index contributed by atoms with van der Waals surface area (Å²) in [6, 6.07) is 9.24. The molecule has 1 fully saturated rings. The van der Waals surface area contributed by atoms with Crippen LogP contribution in [-0.2, 0) is 14.4 Å². The number of ether oxygens (including phenoxy) is 3. The lowest BCUT2D eigenvalue weighted by Gasteiger charge is -2.36. The van der Waals surface area contributed by atoms with Crippen molar-refractivity contribution < 1.29 is 33.7 Å². The summed E-state index contributed by atoms with van der Waals surface area (Å²) >= 11 is 1.00. The first-order valence-electron chi connectivity index (χ1n) is 9.93. The van der Waals surface area contributed by atoms with Crippen LogP contribution in [0.4, 0.5) is 5.69 Å². The lowest BCUT2D eigenvalue weighted by Crippen LogP contribution is -2.39. The van der Waals surface area contributed by atoms with Gasteiger partial charge in [-0.15, -0.1) is 0 Å². The predicted molar refractivity (Wildman–Crippen MR) is 112 cm³/mol. The van der Waals surface area contributed by atoms with Gasteiger partial charge in [-0.2, -0.15) is 0 Å². The third kappa shape index (κ3) is 2.56. The van der Waals surface area contributed by atoms with Crippen molar-refractivity contribution >= 4 is 35.2 Å². The molecule has 9 nitrogen and oxygen atoms in total. The molecule has 0 unspecified atom stereocenters. The Kier molecular flexibility index (Phi) is 3.97. The Morgan fingerprint density at radius 3 is 2.56 bits per heavy atom. The molecular formula is C22H16N2O7S. The molecule has 6 rings (SSSR count). The van der Waals surface area contributed by atoms with Crippen LogP contribution in [0.5, 0.6) is 23.0 Å². The van der Waals surface area contributed by atoms with E-state index in [1.807, 2.05) is 0 Å². The lowest BCUT2D eigenvalue weighted by atomic mass is 9.77. The molecule has 0 bridgehead atoms. The third-order valence-corrected chi connectivity index (χ3v) is 7.25. The number of hydrogen-bond donors (Lipinski definition) is 2. The van der Waals surface area contributed by atoms with E-state index in [0.717, 1.165) is 16.7 Å². The van der Waals surface area contributed by atoms with Crippen LogP contribution in [0.25, 0.3) is 0 Å². The Hall–Kier alpha value is -3.66. The molecule has 4 aliphatic heterocycles. The van der Waals surface area contributed by atoms with E-state index in [-0.39, 0.29) is 22.1 Å². The minimum Gasteiger partial charge on any atom is -0.508 e. The molecule has 3 atom stereocenters. The normalized spacial score (nSPS) is 25.8. The fourth-order valence-electron chi connectivity index (χ4n) is 4.67. The molecule has 0 aromatic heterocycles. The van der Waals surface area contributed by atoms with Gasteiger partial charge in [-0.05, 0) is 18.2 Å². The van der Waals surface area contributed by atoms with Gasteiger partial charge in [0.1, 0.15) is 30.0 Å². The first-order chi connectivity index (χ1) is 15.4. The molecule has 0 saturated carbocycles. The van der Waals surface area contributed by atoms with Crippen LogP contribution in [0.2, 0.25) is 0 Å². The number of thioether (sulfide) groups is 1. The highest BCUT2D eigenvalue weighted by Gasteiger charge is 2.58. The zero-order valence-corrected chi connectivity index (χ0v) is 17.3. The number of aromatic hydroxyl groups is 1. The number of anilines is 1. The summed E-state index contributed by atoms with van der Waals surface area (Å²) in [6.45, 7) is 0.798. The van der Waals surface area contributed by atoms with Crippen LogP contribution >= 0.6 is 11.8 Å². The van der Waals surface area contributed by atoms with Gasteiger partial charge in [0.2, 0.25) is 11.8 Å². The smallest absolute Gasteiger partial charge is 0.342 e. The van der Waals surface area contributed by atoms with Crippen LogP contribution in [0.15, 0.2) is 47.0 Å². The Morgan fingerprint density at radius 2 is 1.75 bits per heavy atom. The molecule has 32 heavy (non-hydrogen) atoms. The summed E-state index contributed by atoms with van der Waals surface area (Å²) in [5, 5.41) is 9.17. The molecule has 4 aliphatic rings. The van der Waals surface area contributed by atoms with Crippen molar-refractivity contribution in [3.63, 3.8) is 0 Å². The zero-order chi connectivity index (χ0) is 22.1. The number of esters is 1. The second kappa shape index (κ2) is 6.67. The van der Waals surface area contributed by atoms with Gasteiger partial charge in [0, 0.05) is 23.6 Å². The SMILES string of the molecule is NC1=C2C(=O)Oc3cc(O)ccc3[C@@H]2[C@H]2C(=O)N(c3ccc4c(c3)OCCO4)C(=O)[C@@H]2S1. The second-order valence-electron chi connectivity index (χ2n) is 7.77. The van der Waals surface area contributed by atoms with Crippen molar-refractivity contribution in [3.8, 4) is 23.0 Å². The van der Waals surface area contributed by atoms with Crippen molar-refractivity contribution in [1.82, 2.24) is 0 Å². The summed E-state index contributed by atoms with van der Waals surface area (Å²) in [6.07, 6.45) is 0. The fraction of sp³-hybridized carbons (Fsp3) is 0.227. The first-order valence-corrected chi connectivity index (χ1v) is 10.8. The largest absolute Gasteiger partial charge is 0.508 e. The number of imide groups is 1. The summed E-state index contributed by atoms with van der Waals surface area (Å²) < 4.78 is 16.5. The number of nitrogens with two attached hydrogens (primary N) is 1. The van der Waals surface area contributed by atoms with E-state index < -0.39 is 34.9 Å². The van der Waals surface area contributed by atoms with E-state index in [0.29, 0.717) is 36.0 Å². The minimum absolute atomic E-state index is 0.0783. The van der Waals surface area contributed by atoms with Crippen molar-refractivity contribution in [1.29, 1.82) is 0 Å². The lowest BCUT2D eigenvalue weighted by molar-refractivity contribution is -0.131. The van der Waals surface area contributed by atoms with Crippen molar-refractivity contribution in [2.24, 2.45) is 11.7 Å². The van der Waals surface area contributed by atoms with Crippen LogP contribution < -0.4 is 24.8 Å². The highest BCUT2D eigenvalue weighted by atomic mass is 32.2. The van der Waals surface area contributed by atoms with E-state index in [9.17, 15) is 19.5 Å². The molecule has 0 spiro atoms. The number of carbonyl (C=O) groups is 3. The van der Waals surface area contributed by atoms with Gasteiger partial charge in [0.15, 0.2) is 11.5 Å². The number of carbonyl (C=O) groups excluding carboxylic acids is 3. The van der Waals surface area contributed by atoms with Crippen LogP contribution in [0.1, 0.15) is 11.5 Å². The van der Waals surface area contributed by atoms with E-state index in [1.165, 1.54) is 12.1 Å². The molecule has 2 amide bonds. The molecule has 3 N–H and O–H groups in total. The quantitative estimate of drug-likeness (QED) is 0.377. The molecule has 0 aliphatic carbocycles. The van der Waals surface area contributed by atoms with Crippen molar-refractivity contribution in [2.45, 2.75) is 11.2 Å². The number of benzene rings is 2. The maximum absolute atomic E-state index is 13.6. The Morgan fingerprint density at radius 1 is 0.969 bits per heavy atom. The van der Waals surface area contributed by atoms with Crippen LogP contribution in [0, 0.1) is 5.92 Å². The number of phenolic OH excluding ortho intramolecular Hbond substituents is 1. The molecule has 2 aromatic rings. The highest BCUT2D eigenvalue weighted by molar-refractivity contribution is 8.04. The predicted octanol–water partition coefficient (Wildman–Crippen LogP) is 1.64. The van der Waals surface area contributed by atoms with E-state index in [4.69, 9.17) is 19.9 Å². The monoisotopic (exact) mass is 452 g/mol. The van der Waals surface area contributed by atoms with Crippen molar-refractivity contribution in [2.75, 3.05) is 18.1 Å². The summed E-state index contributed by atoms with van der Waals surface area (Å²) in [7, 11) is 0. The molecule has 0 radical (unpaired) electrons. The molecule has 1 saturated heterocycles. The summed E-state index contributed by atoms with van der Waals surface area (Å²) in [5.41, 5.74) is 7.24. The molecule has 2 aromatic carbocycles. The van der Waals surface area contributed by atoms with Crippen molar-refractivity contribution in [3.05, 3.63) is 52.6 Å². The van der Waals surface area contributed by atoms with Gasteiger partial charge >= 0.3 is 5.97 Å². The maximum Gasteiger partial charge on any atom is 0.342 e. The van der Waals surface area contributed by atoms with Crippen LogP contribution in [0.3, 0.4) is 0 Å². The van der Waals surface area contributed by atoms with E-state index in [1.54, 1.807) is 24.3 Å². The van der Waals surface area contributed by atoms with Gasteiger partial charge in [-0.3, -0.25) is 9.59 Å². The van der Waals surface area contributed by atoms with Crippen LogP contribution in [-0.4, -0.2) is 41.4 Å². The van der Waals surface area contributed by atoms with E-state index in [2.05, 4.69) is 0 Å². The van der Waals surface area contributed by atoms with Gasteiger partial charge in [0.05, 0.1) is 22.2 Å². The Balaban J connectivity index is 1.46. The first kappa shape index (κ1) is 19.1. The highest BCUT2D eigenvalue weighted by Crippen LogP contribution is 2.55. The summed E-state index contributed by atoms with van der Waals surface area (Å²) in [5.74, 6) is -2.06. The topological polar surface area (TPSA) is 128 Å². The minimum atomic E-state index is -0.848. The fourth-order valence-corrected chi connectivity index (χ4v) is 5.90.